The molecule has 2 N–H and O–H groups in total. The van der Waals surface area contributed by atoms with Gasteiger partial charge in [0.2, 0.25) is 0 Å². The van der Waals surface area contributed by atoms with E-state index in [9.17, 15) is 24.3 Å². The fourth-order valence-electron chi connectivity index (χ4n) is 1.87. The Morgan fingerprint density at radius 2 is 1.73 bits per heavy atom. The number of aromatic amines is 1. The molecular formula is C13H9LiN2O6. The summed E-state index contributed by atoms with van der Waals surface area (Å²) in [5.41, 5.74) is -3.47. The summed E-state index contributed by atoms with van der Waals surface area (Å²) < 4.78 is 0.583. The standard InChI is InChI=1S/C13H10N2O6.Li/c1-6-2-4-7(5-3-6)15-9(12(19)20)8(11(17)18)10(16)14-13(15)21;/h2-5H,1H3,(H,17,18)(H,19,20)(H,14,16,21);/q;+1/p-1. The number of aryl methyl sites for hydroxylation is 1. The van der Waals surface area contributed by atoms with Crippen molar-refractivity contribution in [3.05, 3.63) is 61.9 Å². The molecule has 0 radical (unpaired) electrons. The molecule has 0 saturated carbocycles. The van der Waals surface area contributed by atoms with Crippen molar-refractivity contribution in [3.63, 3.8) is 0 Å². The van der Waals surface area contributed by atoms with Crippen molar-refractivity contribution in [2.45, 2.75) is 6.92 Å². The van der Waals surface area contributed by atoms with Crippen LogP contribution in [0.1, 0.15) is 26.4 Å². The van der Waals surface area contributed by atoms with E-state index >= 15 is 0 Å². The Labute approximate surface area is 135 Å². The summed E-state index contributed by atoms with van der Waals surface area (Å²) >= 11 is 0. The van der Waals surface area contributed by atoms with Gasteiger partial charge in [0.25, 0.3) is 5.56 Å². The van der Waals surface area contributed by atoms with Crippen LogP contribution in [0, 0.1) is 6.92 Å². The van der Waals surface area contributed by atoms with Crippen molar-refractivity contribution >= 4 is 11.9 Å². The molecule has 1 aromatic heterocycles. The molecule has 0 aliphatic rings. The molecule has 2 aromatic rings. The first-order valence-corrected chi connectivity index (χ1v) is 5.74. The number of carboxylic acid groups (broad SMARTS) is 2. The molecule has 0 atom stereocenters. The maximum atomic E-state index is 11.8. The molecule has 0 bridgehead atoms. The van der Waals surface area contributed by atoms with Crippen LogP contribution in [-0.4, -0.2) is 26.6 Å². The minimum absolute atomic E-state index is 0. The Hall–Kier alpha value is -2.56. The summed E-state index contributed by atoms with van der Waals surface area (Å²) in [4.78, 5) is 47.4. The fraction of sp³-hybridized carbons (Fsp3) is 0.0769. The molecule has 108 valence electrons. The van der Waals surface area contributed by atoms with E-state index in [1.54, 1.807) is 24.0 Å². The minimum atomic E-state index is -1.93. The normalized spacial score (nSPS) is 9.86. The van der Waals surface area contributed by atoms with Crippen LogP contribution < -0.4 is 35.2 Å². The van der Waals surface area contributed by atoms with Crippen LogP contribution in [0.25, 0.3) is 5.69 Å². The number of carboxylic acids is 2. The third-order valence-electron chi connectivity index (χ3n) is 2.81. The van der Waals surface area contributed by atoms with Gasteiger partial charge in [0.05, 0.1) is 17.4 Å². The van der Waals surface area contributed by atoms with Gasteiger partial charge >= 0.3 is 30.5 Å². The monoisotopic (exact) mass is 296 g/mol. The number of hydrogen-bond donors (Lipinski definition) is 2. The van der Waals surface area contributed by atoms with Crippen molar-refractivity contribution in [2.24, 2.45) is 0 Å². The van der Waals surface area contributed by atoms with Crippen molar-refractivity contribution in [3.8, 4) is 5.69 Å². The quantitative estimate of drug-likeness (QED) is 0.553. The van der Waals surface area contributed by atoms with Crippen molar-refractivity contribution in [2.75, 3.05) is 0 Å². The van der Waals surface area contributed by atoms with Crippen LogP contribution >= 0.6 is 0 Å². The molecule has 0 aliphatic carbocycles. The second kappa shape index (κ2) is 6.47. The van der Waals surface area contributed by atoms with Crippen LogP contribution in [0.3, 0.4) is 0 Å². The van der Waals surface area contributed by atoms with E-state index in [1.807, 2.05) is 0 Å². The van der Waals surface area contributed by atoms with E-state index in [0.29, 0.717) is 4.57 Å². The molecular weight excluding hydrogens is 287 g/mol. The Bertz CT molecular complexity index is 850. The zero-order valence-electron chi connectivity index (χ0n) is 11.7. The SMILES string of the molecule is Cc1ccc(-n2c(C(=O)[O-])c(C(=O)O)c(=O)[nH]c2=O)cc1.[Li+]. The second-order valence-electron chi connectivity index (χ2n) is 4.25. The average molecular weight is 296 g/mol. The average Bonchev–Trinajstić information content (AvgIpc) is 2.38. The second-order valence-corrected chi connectivity index (χ2v) is 4.25. The molecule has 2 rings (SSSR count). The third-order valence-corrected chi connectivity index (χ3v) is 2.81. The largest absolute Gasteiger partial charge is 1.00 e. The number of carbonyl (C=O) groups is 2. The van der Waals surface area contributed by atoms with E-state index in [1.165, 1.54) is 12.1 Å². The van der Waals surface area contributed by atoms with Crippen LogP contribution in [0.15, 0.2) is 33.9 Å². The zero-order valence-corrected chi connectivity index (χ0v) is 11.7. The Morgan fingerprint density at radius 3 is 2.18 bits per heavy atom. The smallest absolute Gasteiger partial charge is 0.543 e. The maximum absolute atomic E-state index is 11.8. The van der Waals surface area contributed by atoms with Crippen LogP contribution in [0.4, 0.5) is 0 Å². The van der Waals surface area contributed by atoms with Gasteiger partial charge in [-0.1, -0.05) is 17.7 Å². The van der Waals surface area contributed by atoms with Crippen LogP contribution in [0.2, 0.25) is 0 Å². The molecule has 0 unspecified atom stereocenters. The van der Waals surface area contributed by atoms with Gasteiger partial charge in [0.1, 0.15) is 0 Å². The first-order chi connectivity index (χ1) is 9.82. The summed E-state index contributed by atoms with van der Waals surface area (Å²) in [5, 5.41) is 20.2. The maximum Gasteiger partial charge on any atom is 1.00 e. The number of hydrogen-bond acceptors (Lipinski definition) is 5. The number of benzene rings is 1. The minimum Gasteiger partial charge on any atom is -0.543 e. The molecule has 1 heterocycles. The number of nitrogens with zero attached hydrogens (tertiary/aromatic N) is 1. The van der Waals surface area contributed by atoms with E-state index < -0.39 is 34.4 Å². The van der Waals surface area contributed by atoms with Crippen LogP contribution in [-0.2, 0) is 0 Å². The number of carbonyl (C=O) groups excluding carboxylic acids is 1. The summed E-state index contributed by atoms with van der Waals surface area (Å²) in [6, 6.07) is 6.05. The summed E-state index contributed by atoms with van der Waals surface area (Å²) in [7, 11) is 0. The first-order valence-electron chi connectivity index (χ1n) is 5.74. The first kappa shape index (κ1) is 17.5. The molecule has 0 fully saturated rings. The Morgan fingerprint density at radius 1 is 1.18 bits per heavy atom. The number of nitrogens with one attached hydrogen (secondary N) is 1. The van der Waals surface area contributed by atoms with Gasteiger partial charge < -0.3 is 15.0 Å². The van der Waals surface area contributed by atoms with Crippen molar-refractivity contribution in [1.29, 1.82) is 0 Å². The van der Waals surface area contributed by atoms with Crippen molar-refractivity contribution < 1.29 is 38.7 Å². The molecule has 1 aromatic carbocycles. The van der Waals surface area contributed by atoms with E-state index in [2.05, 4.69) is 0 Å². The molecule has 9 heteroatoms. The topological polar surface area (TPSA) is 132 Å². The van der Waals surface area contributed by atoms with Gasteiger partial charge in [-0.15, -0.1) is 0 Å². The molecule has 8 nitrogen and oxygen atoms in total. The fourth-order valence-corrected chi connectivity index (χ4v) is 1.87. The molecule has 0 spiro atoms. The number of H-pyrrole nitrogens is 1. The molecule has 0 saturated heterocycles. The van der Waals surface area contributed by atoms with Crippen LogP contribution in [0.5, 0.6) is 0 Å². The third kappa shape index (κ3) is 3.03. The molecule has 0 aliphatic heterocycles. The van der Waals surface area contributed by atoms with E-state index in [0.717, 1.165) is 5.56 Å². The number of aromatic carboxylic acids is 2. The van der Waals surface area contributed by atoms with Gasteiger partial charge in [-0.25, -0.2) is 9.59 Å². The number of rotatable bonds is 3. The van der Waals surface area contributed by atoms with Gasteiger partial charge in [-0.05, 0) is 19.1 Å². The number of aromatic nitrogens is 2. The van der Waals surface area contributed by atoms with Gasteiger partial charge in [-0.3, -0.25) is 14.3 Å². The predicted octanol–water partition coefficient (Wildman–Crippen LogP) is -4.10. The summed E-state index contributed by atoms with van der Waals surface area (Å²) in [6.07, 6.45) is 0. The van der Waals surface area contributed by atoms with Gasteiger partial charge in [0, 0.05) is 0 Å². The molecule has 0 amide bonds. The Kier molecular flexibility index (Phi) is 5.14. The van der Waals surface area contributed by atoms with Gasteiger partial charge in [0.15, 0.2) is 5.56 Å². The summed E-state index contributed by atoms with van der Waals surface area (Å²) in [5.74, 6) is -3.70. The van der Waals surface area contributed by atoms with Gasteiger partial charge in [-0.2, -0.15) is 0 Å². The summed E-state index contributed by atoms with van der Waals surface area (Å²) in [6.45, 7) is 1.78. The zero-order chi connectivity index (χ0) is 15.7. The Balaban J connectivity index is 0.00000242. The van der Waals surface area contributed by atoms with E-state index in [4.69, 9.17) is 5.11 Å². The predicted molar refractivity (Wildman–Crippen MR) is 68.7 cm³/mol. The molecule has 22 heavy (non-hydrogen) atoms. The van der Waals surface area contributed by atoms with E-state index in [-0.39, 0.29) is 24.5 Å². The van der Waals surface area contributed by atoms with Crippen molar-refractivity contribution in [1.82, 2.24) is 9.55 Å².